The summed E-state index contributed by atoms with van der Waals surface area (Å²) in [4.78, 5) is 24.0. The number of carbonyl (C=O) groups excluding carboxylic acids is 2. The highest BCUT2D eigenvalue weighted by Crippen LogP contribution is 2.18. The van der Waals surface area contributed by atoms with Crippen molar-refractivity contribution in [3.8, 4) is 0 Å². The summed E-state index contributed by atoms with van der Waals surface area (Å²) in [5.41, 5.74) is -0.559. The third-order valence-electron chi connectivity index (χ3n) is 3.17. The van der Waals surface area contributed by atoms with Crippen LogP contribution in [0.1, 0.15) is 60.3 Å². The molecule has 1 aliphatic carbocycles. The highest BCUT2D eigenvalue weighted by atomic mass is 16.6. The number of hydrogen-bond donors (Lipinski definition) is 2. The van der Waals surface area contributed by atoms with Crippen molar-refractivity contribution in [2.24, 2.45) is 5.92 Å². The molecule has 20 heavy (non-hydrogen) atoms. The van der Waals surface area contributed by atoms with Crippen molar-refractivity contribution in [2.45, 2.75) is 78.0 Å². The number of carbonyl (C=O) groups is 2. The van der Waals surface area contributed by atoms with Gasteiger partial charge in [0.15, 0.2) is 0 Å². The molecule has 1 unspecified atom stereocenters. The Labute approximate surface area is 121 Å². The molecule has 5 heteroatoms. The lowest BCUT2D eigenvalue weighted by Gasteiger charge is -2.30. The molecule has 1 aliphatic rings. The lowest BCUT2D eigenvalue weighted by molar-refractivity contribution is -0.124. The van der Waals surface area contributed by atoms with Crippen molar-refractivity contribution in [1.82, 2.24) is 10.6 Å². The summed E-state index contributed by atoms with van der Waals surface area (Å²) >= 11 is 0. The highest BCUT2D eigenvalue weighted by molar-refractivity contribution is 5.85. The first-order chi connectivity index (χ1) is 9.17. The van der Waals surface area contributed by atoms with E-state index < -0.39 is 17.7 Å². The minimum absolute atomic E-state index is 0.103. The van der Waals surface area contributed by atoms with Gasteiger partial charge < -0.3 is 15.4 Å². The SMILES string of the molecule is CC(C)CC(NC(=O)OC(C)(C)C)C(=O)NC1CCC1. The van der Waals surface area contributed by atoms with Crippen LogP contribution < -0.4 is 10.6 Å². The summed E-state index contributed by atoms with van der Waals surface area (Å²) in [5.74, 6) is 0.219. The topological polar surface area (TPSA) is 67.4 Å². The molecule has 0 spiro atoms. The standard InChI is InChI=1S/C15H28N2O3/c1-10(2)9-12(13(18)16-11-7-6-8-11)17-14(19)20-15(3,4)5/h10-12H,6-9H2,1-5H3,(H,16,18)(H,17,19). The first-order valence-electron chi connectivity index (χ1n) is 7.47. The predicted octanol–water partition coefficient (Wildman–Crippen LogP) is 2.59. The van der Waals surface area contributed by atoms with Gasteiger partial charge in [0.25, 0.3) is 0 Å². The van der Waals surface area contributed by atoms with Crippen LogP contribution in [0, 0.1) is 5.92 Å². The van der Waals surface area contributed by atoms with Crippen LogP contribution in [0.3, 0.4) is 0 Å². The molecular formula is C15H28N2O3. The van der Waals surface area contributed by atoms with Crippen LogP contribution in [0.5, 0.6) is 0 Å². The molecule has 1 saturated carbocycles. The lowest BCUT2D eigenvalue weighted by Crippen LogP contribution is -2.52. The van der Waals surface area contributed by atoms with Gasteiger partial charge in [0.2, 0.25) is 5.91 Å². The number of amides is 2. The fourth-order valence-electron chi connectivity index (χ4n) is 2.01. The molecular weight excluding hydrogens is 256 g/mol. The van der Waals surface area contributed by atoms with E-state index in [1.165, 1.54) is 6.42 Å². The Morgan fingerprint density at radius 3 is 2.25 bits per heavy atom. The largest absolute Gasteiger partial charge is 0.444 e. The maximum Gasteiger partial charge on any atom is 0.408 e. The zero-order valence-corrected chi connectivity index (χ0v) is 13.3. The van der Waals surface area contributed by atoms with Gasteiger partial charge in [0.1, 0.15) is 11.6 Å². The quantitative estimate of drug-likeness (QED) is 0.815. The van der Waals surface area contributed by atoms with Gasteiger partial charge >= 0.3 is 6.09 Å². The van der Waals surface area contributed by atoms with Gasteiger partial charge in [-0.2, -0.15) is 0 Å². The van der Waals surface area contributed by atoms with E-state index >= 15 is 0 Å². The molecule has 0 aromatic heterocycles. The molecule has 0 radical (unpaired) electrons. The average molecular weight is 284 g/mol. The fourth-order valence-corrected chi connectivity index (χ4v) is 2.01. The summed E-state index contributed by atoms with van der Waals surface area (Å²) < 4.78 is 5.22. The molecule has 1 atom stereocenters. The van der Waals surface area contributed by atoms with Gasteiger partial charge in [-0.05, 0) is 52.4 Å². The van der Waals surface area contributed by atoms with Crippen molar-refractivity contribution in [1.29, 1.82) is 0 Å². The molecule has 0 saturated heterocycles. The molecule has 0 heterocycles. The maximum atomic E-state index is 12.2. The van der Waals surface area contributed by atoms with Crippen LogP contribution in [0.25, 0.3) is 0 Å². The maximum absolute atomic E-state index is 12.2. The Kier molecular flexibility index (Phi) is 5.84. The molecule has 1 fully saturated rings. The Bertz CT molecular complexity index is 344. The fraction of sp³-hybridized carbons (Fsp3) is 0.867. The second-order valence-electron chi connectivity index (χ2n) is 6.96. The summed E-state index contributed by atoms with van der Waals surface area (Å²) in [6.45, 7) is 9.47. The van der Waals surface area contributed by atoms with E-state index in [0.29, 0.717) is 12.3 Å². The second kappa shape index (κ2) is 6.95. The van der Waals surface area contributed by atoms with Gasteiger partial charge in [-0.15, -0.1) is 0 Å². The van der Waals surface area contributed by atoms with E-state index in [-0.39, 0.29) is 11.9 Å². The molecule has 0 aromatic rings. The lowest BCUT2D eigenvalue weighted by atomic mass is 9.92. The molecule has 0 bridgehead atoms. The van der Waals surface area contributed by atoms with E-state index in [9.17, 15) is 9.59 Å². The van der Waals surface area contributed by atoms with E-state index in [4.69, 9.17) is 4.74 Å². The van der Waals surface area contributed by atoms with Crippen molar-refractivity contribution in [2.75, 3.05) is 0 Å². The van der Waals surface area contributed by atoms with Crippen LogP contribution in [0.2, 0.25) is 0 Å². The molecule has 0 aliphatic heterocycles. The predicted molar refractivity (Wildman–Crippen MR) is 78.4 cm³/mol. The molecule has 5 nitrogen and oxygen atoms in total. The minimum atomic E-state index is -0.559. The Balaban J connectivity index is 2.53. The first-order valence-corrected chi connectivity index (χ1v) is 7.47. The van der Waals surface area contributed by atoms with E-state index in [0.717, 1.165) is 12.8 Å². The van der Waals surface area contributed by atoms with Gasteiger partial charge in [-0.1, -0.05) is 13.8 Å². The highest BCUT2D eigenvalue weighted by Gasteiger charge is 2.28. The van der Waals surface area contributed by atoms with E-state index in [2.05, 4.69) is 10.6 Å². The molecule has 116 valence electrons. The van der Waals surface area contributed by atoms with E-state index in [1.54, 1.807) is 20.8 Å². The normalized spacial score (nSPS) is 17.3. The van der Waals surface area contributed by atoms with Crippen LogP contribution in [0.15, 0.2) is 0 Å². The Morgan fingerprint density at radius 2 is 1.85 bits per heavy atom. The van der Waals surface area contributed by atoms with Crippen LogP contribution in [0.4, 0.5) is 4.79 Å². The summed E-state index contributed by atoms with van der Waals surface area (Å²) in [7, 11) is 0. The number of alkyl carbamates (subject to hydrolysis) is 1. The van der Waals surface area contributed by atoms with Gasteiger partial charge in [-0.3, -0.25) is 4.79 Å². The van der Waals surface area contributed by atoms with Gasteiger partial charge in [-0.25, -0.2) is 4.79 Å². The van der Waals surface area contributed by atoms with Crippen molar-refractivity contribution < 1.29 is 14.3 Å². The summed E-state index contributed by atoms with van der Waals surface area (Å²) in [5, 5.41) is 5.67. The summed E-state index contributed by atoms with van der Waals surface area (Å²) in [6, 6.07) is -0.247. The third-order valence-corrected chi connectivity index (χ3v) is 3.17. The first kappa shape index (κ1) is 16.8. The molecule has 0 aromatic carbocycles. The average Bonchev–Trinajstić information content (AvgIpc) is 2.18. The van der Waals surface area contributed by atoms with Crippen molar-refractivity contribution in [3.63, 3.8) is 0 Å². The van der Waals surface area contributed by atoms with Crippen molar-refractivity contribution >= 4 is 12.0 Å². The smallest absolute Gasteiger partial charge is 0.408 e. The van der Waals surface area contributed by atoms with Gasteiger partial charge in [0.05, 0.1) is 0 Å². The second-order valence-corrected chi connectivity index (χ2v) is 6.96. The number of hydrogen-bond acceptors (Lipinski definition) is 3. The summed E-state index contributed by atoms with van der Waals surface area (Å²) in [6.07, 6.45) is 3.31. The van der Waals surface area contributed by atoms with E-state index in [1.807, 2.05) is 13.8 Å². The van der Waals surface area contributed by atoms with Crippen LogP contribution in [-0.2, 0) is 9.53 Å². The number of nitrogens with one attached hydrogen (secondary N) is 2. The number of ether oxygens (including phenoxy) is 1. The Morgan fingerprint density at radius 1 is 1.25 bits per heavy atom. The zero-order chi connectivity index (χ0) is 15.3. The van der Waals surface area contributed by atoms with Crippen LogP contribution >= 0.6 is 0 Å². The monoisotopic (exact) mass is 284 g/mol. The van der Waals surface area contributed by atoms with Gasteiger partial charge in [0, 0.05) is 6.04 Å². The molecule has 2 amide bonds. The third kappa shape index (κ3) is 6.26. The van der Waals surface area contributed by atoms with Crippen LogP contribution in [-0.4, -0.2) is 29.7 Å². The molecule has 2 N–H and O–H groups in total. The Hall–Kier alpha value is -1.26. The number of rotatable bonds is 5. The molecule has 1 rings (SSSR count). The minimum Gasteiger partial charge on any atom is -0.444 e. The van der Waals surface area contributed by atoms with Crippen molar-refractivity contribution in [3.05, 3.63) is 0 Å². The zero-order valence-electron chi connectivity index (χ0n) is 13.3.